The van der Waals surface area contributed by atoms with Crippen molar-refractivity contribution in [3.63, 3.8) is 0 Å². The molecule has 0 heterocycles. The van der Waals surface area contributed by atoms with Crippen LogP contribution in [0.3, 0.4) is 0 Å². The summed E-state index contributed by atoms with van der Waals surface area (Å²) in [5, 5.41) is 19.0. The maximum Gasteiger partial charge on any atom is 2.00 e. The number of ketones is 1. The van der Waals surface area contributed by atoms with Crippen molar-refractivity contribution in [3.8, 4) is 0 Å². The molecule has 0 unspecified atom stereocenters. The van der Waals surface area contributed by atoms with Gasteiger partial charge in [0.25, 0.3) is 0 Å². The van der Waals surface area contributed by atoms with E-state index in [0.29, 0.717) is 0 Å². The average molecular weight is 185 g/mol. The Morgan fingerprint density at radius 1 is 1.10 bits per heavy atom. The molecule has 0 saturated heterocycles. The van der Waals surface area contributed by atoms with Gasteiger partial charge in [-0.15, -0.1) is 0 Å². The van der Waals surface area contributed by atoms with Crippen LogP contribution in [0.25, 0.3) is 0 Å². The minimum absolute atomic E-state index is 0. The fraction of sp³-hybridized carbons (Fsp3) is 0.250. The fourth-order valence-corrected chi connectivity index (χ4v) is 0.203. The smallest absolute Gasteiger partial charge is 0.550 e. The summed E-state index contributed by atoms with van der Waals surface area (Å²) in [6.45, 7) is 0. The molecule has 0 rings (SSSR count). The van der Waals surface area contributed by atoms with Gasteiger partial charge in [0.05, 0.1) is 6.42 Å². The second-order valence-electron chi connectivity index (χ2n) is 1.26. The predicted molar refractivity (Wildman–Crippen MR) is 19.6 cm³/mol. The standard InChI is InChI=1S/C4H4O5.Mn/c5-2(4(8)9)1-3(6)7;/h1H2,(H,6,7)(H,8,9);/q;+2/p-2. The molecule has 0 spiro atoms. The molecule has 0 bridgehead atoms. The van der Waals surface area contributed by atoms with Crippen molar-refractivity contribution in [3.05, 3.63) is 0 Å². The van der Waals surface area contributed by atoms with E-state index in [1.807, 2.05) is 0 Å². The van der Waals surface area contributed by atoms with Crippen LogP contribution in [0.15, 0.2) is 0 Å². The van der Waals surface area contributed by atoms with E-state index in [2.05, 4.69) is 0 Å². The van der Waals surface area contributed by atoms with E-state index in [1.165, 1.54) is 0 Å². The maximum atomic E-state index is 9.87. The van der Waals surface area contributed by atoms with Gasteiger partial charge in [-0.3, -0.25) is 4.79 Å². The molecule has 0 aromatic rings. The molecule has 0 aromatic heterocycles. The SMILES string of the molecule is O=C([O-])CC(=O)C(=O)[O-].[Mn+2]. The summed E-state index contributed by atoms with van der Waals surface area (Å²) in [6, 6.07) is 0. The van der Waals surface area contributed by atoms with Gasteiger partial charge in [-0.05, 0) is 0 Å². The van der Waals surface area contributed by atoms with Gasteiger partial charge in [-0.1, -0.05) is 0 Å². The summed E-state index contributed by atoms with van der Waals surface area (Å²) in [5.74, 6) is -5.20. The molecule has 0 saturated carbocycles. The number of carboxylic acids is 2. The van der Waals surface area contributed by atoms with E-state index in [0.717, 1.165) is 0 Å². The summed E-state index contributed by atoms with van der Waals surface area (Å²) >= 11 is 0. The molecule has 0 atom stereocenters. The van der Waals surface area contributed by atoms with E-state index in [-0.39, 0.29) is 17.1 Å². The van der Waals surface area contributed by atoms with Crippen LogP contribution in [0, 0.1) is 0 Å². The summed E-state index contributed by atoms with van der Waals surface area (Å²) in [7, 11) is 0. The number of hydrogen-bond acceptors (Lipinski definition) is 5. The molecule has 10 heavy (non-hydrogen) atoms. The number of hydrogen-bond donors (Lipinski definition) is 0. The van der Waals surface area contributed by atoms with Crippen LogP contribution in [-0.2, 0) is 31.5 Å². The number of carbonyl (C=O) groups is 3. The van der Waals surface area contributed by atoms with Crippen LogP contribution in [0.4, 0.5) is 0 Å². The van der Waals surface area contributed by atoms with Crippen molar-refractivity contribution < 1.29 is 41.7 Å². The second-order valence-corrected chi connectivity index (χ2v) is 1.26. The molecule has 5 nitrogen and oxygen atoms in total. The minimum Gasteiger partial charge on any atom is -0.550 e. The van der Waals surface area contributed by atoms with Gasteiger partial charge >= 0.3 is 17.1 Å². The Hall–Kier alpha value is -0.871. The molecule has 0 N–H and O–H groups in total. The van der Waals surface area contributed by atoms with Crippen molar-refractivity contribution in [1.29, 1.82) is 0 Å². The Kier molecular flexibility index (Phi) is 5.88. The fourth-order valence-electron chi connectivity index (χ4n) is 0.203. The third kappa shape index (κ3) is 5.27. The summed E-state index contributed by atoms with van der Waals surface area (Å²) < 4.78 is 0. The van der Waals surface area contributed by atoms with Crippen LogP contribution < -0.4 is 10.2 Å². The van der Waals surface area contributed by atoms with Crippen LogP contribution in [0.2, 0.25) is 0 Å². The molecule has 0 aliphatic carbocycles. The molecule has 0 amide bonds. The molecule has 55 valence electrons. The van der Waals surface area contributed by atoms with Crippen molar-refractivity contribution in [2.75, 3.05) is 0 Å². The van der Waals surface area contributed by atoms with Gasteiger partial charge in [0.1, 0.15) is 5.97 Å². The molecular weight excluding hydrogens is 183 g/mol. The first kappa shape index (κ1) is 11.9. The molecule has 0 aromatic carbocycles. The van der Waals surface area contributed by atoms with E-state index in [9.17, 15) is 24.6 Å². The van der Waals surface area contributed by atoms with E-state index in [4.69, 9.17) is 0 Å². The Morgan fingerprint density at radius 3 is 1.60 bits per heavy atom. The Labute approximate surface area is 66.5 Å². The van der Waals surface area contributed by atoms with Gasteiger partial charge in [0, 0.05) is 5.97 Å². The largest absolute Gasteiger partial charge is 2.00 e. The molecule has 0 aliphatic heterocycles. The molecule has 6 heteroatoms. The minimum atomic E-state index is -2.00. The van der Waals surface area contributed by atoms with Crippen molar-refractivity contribution >= 4 is 17.7 Å². The Bertz CT molecular complexity index is 163. The first-order chi connectivity index (χ1) is 4.04. The van der Waals surface area contributed by atoms with E-state index < -0.39 is 24.1 Å². The molecule has 0 aliphatic rings. The van der Waals surface area contributed by atoms with Crippen LogP contribution in [-0.4, -0.2) is 17.7 Å². The van der Waals surface area contributed by atoms with Crippen LogP contribution >= 0.6 is 0 Å². The van der Waals surface area contributed by atoms with Crippen molar-refractivity contribution in [2.24, 2.45) is 0 Å². The topological polar surface area (TPSA) is 97.3 Å². The van der Waals surface area contributed by atoms with Crippen LogP contribution in [0.1, 0.15) is 6.42 Å². The normalized spacial score (nSPS) is 7.60. The third-order valence-electron chi connectivity index (χ3n) is 0.533. The molecule has 0 fully saturated rings. The van der Waals surface area contributed by atoms with Gasteiger partial charge < -0.3 is 19.8 Å². The number of rotatable bonds is 3. The molecule has 1 radical (unpaired) electrons. The number of carbonyl (C=O) groups excluding carboxylic acids is 3. The second kappa shape index (κ2) is 4.96. The zero-order valence-corrected chi connectivity index (χ0v) is 5.81. The van der Waals surface area contributed by atoms with Crippen molar-refractivity contribution in [2.45, 2.75) is 6.42 Å². The number of Topliss-reactive ketones (excluding diaryl/α,β-unsaturated/α-hetero) is 1. The first-order valence-electron chi connectivity index (χ1n) is 1.98. The number of carboxylic acid groups (broad SMARTS) is 2. The summed E-state index contributed by atoms with van der Waals surface area (Å²) in [4.78, 5) is 28.8. The summed E-state index contributed by atoms with van der Waals surface area (Å²) in [5.41, 5.74) is 0. The zero-order valence-electron chi connectivity index (χ0n) is 4.63. The van der Waals surface area contributed by atoms with E-state index in [1.54, 1.807) is 0 Å². The van der Waals surface area contributed by atoms with Gasteiger partial charge in [-0.2, -0.15) is 0 Å². The molecular formula is C4H2MnO5. The Morgan fingerprint density at radius 2 is 1.50 bits per heavy atom. The van der Waals surface area contributed by atoms with Gasteiger partial charge in [-0.25, -0.2) is 0 Å². The maximum absolute atomic E-state index is 9.87. The summed E-state index contributed by atoms with van der Waals surface area (Å²) in [6.07, 6.45) is -1.12. The Balaban J connectivity index is 0. The van der Waals surface area contributed by atoms with Crippen LogP contribution in [0.5, 0.6) is 0 Å². The van der Waals surface area contributed by atoms with Gasteiger partial charge in [0.2, 0.25) is 0 Å². The number of aliphatic carboxylic acids is 2. The first-order valence-corrected chi connectivity index (χ1v) is 1.98. The van der Waals surface area contributed by atoms with E-state index >= 15 is 0 Å². The monoisotopic (exact) mass is 185 g/mol. The average Bonchev–Trinajstić information content (AvgIpc) is 1.63. The predicted octanol–water partition coefficient (Wildman–Crippen LogP) is -3.56. The van der Waals surface area contributed by atoms with Gasteiger partial charge in [0.15, 0.2) is 5.78 Å². The van der Waals surface area contributed by atoms with Crippen molar-refractivity contribution in [1.82, 2.24) is 0 Å². The third-order valence-corrected chi connectivity index (χ3v) is 0.533. The zero-order chi connectivity index (χ0) is 7.44. The quantitative estimate of drug-likeness (QED) is 0.257.